The van der Waals surface area contributed by atoms with Crippen molar-refractivity contribution in [3.05, 3.63) is 42.5 Å². The monoisotopic (exact) mass is 422 g/mol. The van der Waals surface area contributed by atoms with Crippen molar-refractivity contribution in [3.8, 4) is 5.75 Å². The number of allylic oxidation sites excluding steroid dienone is 1. The summed E-state index contributed by atoms with van der Waals surface area (Å²) in [5.74, 6) is 5.55. The third-order valence-corrected chi connectivity index (χ3v) is 8.89. The number of fused-ring (bicyclic) bond motifs is 1. The van der Waals surface area contributed by atoms with Crippen LogP contribution in [0.15, 0.2) is 36.9 Å². The van der Waals surface area contributed by atoms with Gasteiger partial charge in [0.1, 0.15) is 5.75 Å². The first-order chi connectivity index (χ1) is 15.2. The van der Waals surface area contributed by atoms with Crippen molar-refractivity contribution in [3.63, 3.8) is 0 Å². The van der Waals surface area contributed by atoms with Gasteiger partial charge in [0.05, 0.1) is 5.92 Å². The quantitative estimate of drug-likeness (QED) is 0.255. The Morgan fingerprint density at radius 1 is 0.903 bits per heavy atom. The van der Waals surface area contributed by atoms with E-state index in [2.05, 4.69) is 25.6 Å². The van der Waals surface area contributed by atoms with Gasteiger partial charge in [-0.1, -0.05) is 38.0 Å². The van der Waals surface area contributed by atoms with Crippen molar-refractivity contribution in [1.82, 2.24) is 0 Å². The maximum absolute atomic E-state index is 12.7. The number of hydrogen-bond donors (Lipinski definition) is 0. The van der Waals surface area contributed by atoms with Crippen LogP contribution in [0.4, 0.5) is 0 Å². The fourth-order valence-corrected chi connectivity index (χ4v) is 6.84. The SMILES string of the molecule is C=CCCc1ccc(OC(=O)C2CCC(C3CCC4CC(CC)CCC4C3)CC2)cc1. The van der Waals surface area contributed by atoms with Gasteiger partial charge in [0, 0.05) is 0 Å². The van der Waals surface area contributed by atoms with Crippen molar-refractivity contribution < 1.29 is 9.53 Å². The van der Waals surface area contributed by atoms with E-state index in [-0.39, 0.29) is 11.9 Å². The molecule has 4 rings (SSSR count). The Kier molecular flexibility index (Phi) is 7.91. The molecule has 3 saturated carbocycles. The molecule has 0 aromatic heterocycles. The van der Waals surface area contributed by atoms with Crippen LogP contribution < -0.4 is 4.74 Å². The molecule has 170 valence electrons. The molecule has 1 aromatic carbocycles. The molecule has 0 radical (unpaired) electrons. The highest BCUT2D eigenvalue weighted by Gasteiger charge is 2.39. The van der Waals surface area contributed by atoms with Gasteiger partial charge in [0.25, 0.3) is 0 Å². The van der Waals surface area contributed by atoms with E-state index in [1.165, 1.54) is 63.4 Å². The first kappa shape index (κ1) is 22.6. The summed E-state index contributed by atoms with van der Waals surface area (Å²) in [6.45, 7) is 6.15. The molecule has 3 aliphatic carbocycles. The molecule has 3 fully saturated rings. The third kappa shape index (κ3) is 5.82. The molecule has 0 saturated heterocycles. The molecular formula is C29H42O2. The standard InChI is InChI=1S/C29H42O2/c1-3-5-6-22-8-17-28(18-9-22)31-29(30)24-13-11-23(12-14-24)26-16-15-25-19-21(4-2)7-10-27(25)20-26/h3,8-9,17-18,21,23-27H,1,4-7,10-16,19-20H2,2H3. The molecular weight excluding hydrogens is 380 g/mol. The lowest BCUT2D eigenvalue weighted by atomic mass is 9.61. The summed E-state index contributed by atoms with van der Waals surface area (Å²) in [6.07, 6.45) is 18.6. The molecule has 0 heterocycles. The van der Waals surface area contributed by atoms with Gasteiger partial charge in [0.2, 0.25) is 0 Å². The molecule has 4 unspecified atom stereocenters. The van der Waals surface area contributed by atoms with Crippen LogP contribution >= 0.6 is 0 Å². The Morgan fingerprint density at radius 2 is 1.52 bits per heavy atom. The maximum Gasteiger partial charge on any atom is 0.314 e. The van der Waals surface area contributed by atoms with Gasteiger partial charge in [-0.25, -0.2) is 0 Å². The molecule has 0 aliphatic heterocycles. The Labute approximate surface area is 189 Å². The Bertz CT molecular complexity index is 713. The normalized spacial score (nSPS) is 33.3. The van der Waals surface area contributed by atoms with E-state index in [9.17, 15) is 4.79 Å². The molecule has 4 atom stereocenters. The molecule has 0 amide bonds. The summed E-state index contributed by atoms with van der Waals surface area (Å²) in [5.41, 5.74) is 1.26. The lowest BCUT2D eigenvalue weighted by molar-refractivity contribution is -0.140. The molecule has 31 heavy (non-hydrogen) atoms. The number of ether oxygens (including phenoxy) is 1. The highest BCUT2D eigenvalue weighted by molar-refractivity contribution is 5.75. The zero-order chi connectivity index (χ0) is 21.6. The van der Waals surface area contributed by atoms with Crippen LogP contribution in [0.1, 0.15) is 89.5 Å². The molecule has 3 aliphatic rings. The zero-order valence-electron chi connectivity index (χ0n) is 19.6. The Balaban J connectivity index is 1.21. The number of rotatable bonds is 7. The topological polar surface area (TPSA) is 26.3 Å². The maximum atomic E-state index is 12.7. The lowest BCUT2D eigenvalue weighted by Gasteiger charge is -2.45. The molecule has 2 nitrogen and oxygen atoms in total. The van der Waals surface area contributed by atoms with Gasteiger partial charge < -0.3 is 4.74 Å². The second-order valence-corrected chi connectivity index (χ2v) is 10.7. The van der Waals surface area contributed by atoms with Crippen LogP contribution in [-0.4, -0.2) is 5.97 Å². The van der Waals surface area contributed by atoms with E-state index in [0.29, 0.717) is 5.75 Å². The lowest BCUT2D eigenvalue weighted by Crippen LogP contribution is -2.35. The predicted molar refractivity (Wildman–Crippen MR) is 128 cm³/mol. The van der Waals surface area contributed by atoms with E-state index in [4.69, 9.17) is 4.74 Å². The van der Waals surface area contributed by atoms with E-state index in [1.54, 1.807) is 0 Å². The zero-order valence-corrected chi connectivity index (χ0v) is 19.6. The minimum atomic E-state index is -0.0149. The van der Waals surface area contributed by atoms with E-state index in [1.807, 2.05) is 18.2 Å². The molecule has 0 bridgehead atoms. The van der Waals surface area contributed by atoms with Crippen LogP contribution in [-0.2, 0) is 11.2 Å². The van der Waals surface area contributed by atoms with E-state index < -0.39 is 0 Å². The third-order valence-electron chi connectivity index (χ3n) is 8.89. The summed E-state index contributed by atoms with van der Waals surface area (Å²) < 4.78 is 5.73. The Morgan fingerprint density at radius 3 is 2.19 bits per heavy atom. The summed E-state index contributed by atoms with van der Waals surface area (Å²) in [7, 11) is 0. The van der Waals surface area contributed by atoms with Crippen LogP contribution in [0, 0.1) is 35.5 Å². The molecule has 0 N–H and O–H groups in total. The van der Waals surface area contributed by atoms with Crippen molar-refractivity contribution in [1.29, 1.82) is 0 Å². The first-order valence-corrected chi connectivity index (χ1v) is 13.1. The number of aryl methyl sites for hydroxylation is 1. The average molecular weight is 423 g/mol. The van der Waals surface area contributed by atoms with Crippen molar-refractivity contribution in [2.45, 2.75) is 90.4 Å². The predicted octanol–water partition coefficient (Wildman–Crippen LogP) is 7.76. The van der Waals surface area contributed by atoms with E-state index >= 15 is 0 Å². The second kappa shape index (κ2) is 10.8. The van der Waals surface area contributed by atoms with E-state index in [0.717, 1.165) is 55.3 Å². The average Bonchev–Trinajstić information content (AvgIpc) is 2.83. The fraction of sp³-hybridized carbons (Fsp3) is 0.690. The minimum Gasteiger partial charge on any atom is -0.426 e. The summed E-state index contributed by atoms with van der Waals surface area (Å²) in [5, 5.41) is 0. The largest absolute Gasteiger partial charge is 0.426 e. The van der Waals surface area contributed by atoms with Gasteiger partial charge in [-0.3, -0.25) is 4.79 Å². The fourth-order valence-electron chi connectivity index (χ4n) is 6.84. The van der Waals surface area contributed by atoms with Crippen LogP contribution in [0.25, 0.3) is 0 Å². The first-order valence-electron chi connectivity index (χ1n) is 13.1. The van der Waals surface area contributed by atoms with Gasteiger partial charge in [-0.05, 0) is 118 Å². The Hall–Kier alpha value is -1.57. The second-order valence-electron chi connectivity index (χ2n) is 10.7. The summed E-state index contributed by atoms with van der Waals surface area (Å²) in [4.78, 5) is 12.7. The highest BCUT2D eigenvalue weighted by Crippen LogP contribution is 2.49. The van der Waals surface area contributed by atoms with Crippen LogP contribution in [0.5, 0.6) is 5.75 Å². The number of esters is 1. The highest BCUT2D eigenvalue weighted by atomic mass is 16.5. The van der Waals surface area contributed by atoms with Crippen LogP contribution in [0.2, 0.25) is 0 Å². The smallest absolute Gasteiger partial charge is 0.314 e. The number of benzene rings is 1. The summed E-state index contributed by atoms with van der Waals surface area (Å²) >= 11 is 0. The molecule has 0 spiro atoms. The van der Waals surface area contributed by atoms with Crippen molar-refractivity contribution in [2.24, 2.45) is 35.5 Å². The minimum absolute atomic E-state index is 0.0149. The van der Waals surface area contributed by atoms with Gasteiger partial charge in [0.15, 0.2) is 0 Å². The molecule has 2 heteroatoms. The molecule has 1 aromatic rings. The number of carbonyl (C=O) groups excluding carboxylic acids is 1. The van der Waals surface area contributed by atoms with Crippen molar-refractivity contribution in [2.75, 3.05) is 0 Å². The number of hydrogen-bond acceptors (Lipinski definition) is 2. The van der Waals surface area contributed by atoms with Gasteiger partial charge in [-0.2, -0.15) is 0 Å². The van der Waals surface area contributed by atoms with Crippen LogP contribution in [0.3, 0.4) is 0 Å². The summed E-state index contributed by atoms with van der Waals surface area (Å²) in [6, 6.07) is 8.00. The number of carbonyl (C=O) groups is 1. The van der Waals surface area contributed by atoms with Crippen molar-refractivity contribution >= 4 is 5.97 Å². The van der Waals surface area contributed by atoms with Gasteiger partial charge in [-0.15, -0.1) is 6.58 Å². The van der Waals surface area contributed by atoms with Gasteiger partial charge >= 0.3 is 5.97 Å².